The molecule has 1 unspecified atom stereocenters. The van der Waals surface area contributed by atoms with Gasteiger partial charge in [0, 0.05) is 32.7 Å². The Balaban J connectivity index is 1.79. The first-order valence-electron chi connectivity index (χ1n) is 9.39. The van der Waals surface area contributed by atoms with E-state index in [1.807, 2.05) is 0 Å². The number of sulfonamides is 1. The lowest BCUT2D eigenvalue weighted by Gasteiger charge is -2.65. The van der Waals surface area contributed by atoms with E-state index in [0.717, 1.165) is 19.6 Å². The summed E-state index contributed by atoms with van der Waals surface area (Å²) >= 11 is 0. The van der Waals surface area contributed by atoms with E-state index in [9.17, 15) is 13.2 Å². The largest absolute Gasteiger partial charge is 0.548 e. The van der Waals surface area contributed by atoms with Gasteiger partial charge in [-0.25, -0.2) is 3.89 Å². The molecule has 6 heterocycles. The van der Waals surface area contributed by atoms with Crippen molar-refractivity contribution in [2.75, 3.05) is 65.4 Å². The first kappa shape index (κ1) is 18.6. The third-order valence-electron chi connectivity index (χ3n) is 5.97. The average Bonchev–Trinajstić information content (AvgIpc) is 2.62. The van der Waals surface area contributed by atoms with Crippen LogP contribution in [-0.2, 0) is 19.6 Å². The van der Waals surface area contributed by atoms with Crippen LogP contribution in [0.1, 0.15) is 20.8 Å². The predicted molar refractivity (Wildman–Crippen MR) is 95.3 cm³/mol. The Morgan fingerprint density at radius 2 is 1.54 bits per heavy atom. The van der Waals surface area contributed by atoms with Crippen molar-refractivity contribution in [1.29, 1.82) is 0 Å². The normalized spacial score (nSPS) is 42.7. The number of carbonyl (C=O) groups excluding carboxylic acids is 1. The quantitative estimate of drug-likeness (QED) is 0.471. The number of carbonyl (C=O) groups is 1. The second-order valence-corrected chi connectivity index (χ2v) is 11.0. The minimum atomic E-state index is -3.97. The van der Waals surface area contributed by atoms with Gasteiger partial charge in [-0.3, -0.25) is 14.6 Å². The van der Waals surface area contributed by atoms with Crippen molar-refractivity contribution in [3.63, 3.8) is 0 Å². The summed E-state index contributed by atoms with van der Waals surface area (Å²) < 4.78 is 33.6. The lowest BCUT2D eigenvalue weighted by molar-refractivity contribution is -0.824. The van der Waals surface area contributed by atoms with Gasteiger partial charge in [0.2, 0.25) is 0 Å². The molecule has 0 aromatic rings. The number of fused-ring (bicyclic) bond motifs is 6. The van der Waals surface area contributed by atoms with Crippen LogP contribution in [-0.4, -0.2) is 109 Å². The Bertz CT molecular complexity index is 676. The number of esters is 1. The van der Waals surface area contributed by atoms with E-state index in [2.05, 4.69) is 10.3 Å². The van der Waals surface area contributed by atoms with Gasteiger partial charge in [-0.1, -0.05) is 0 Å². The molecule has 26 heavy (non-hydrogen) atoms. The molecule has 0 aliphatic carbocycles. The van der Waals surface area contributed by atoms with E-state index >= 15 is 0 Å². The highest BCUT2D eigenvalue weighted by Gasteiger charge is 2.63. The van der Waals surface area contributed by atoms with Gasteiger partial charge in [0.1, 0.15) is 25.2 Å². The lowest BCUT2D eigenvalue weighted by Crippen LogP contribution is -2.79. The standard InChI is InChI=1S/C16H29N5O4S/c1-15(2,3)25-14(22)16(17-20-6-4-19(16)5-7-20)26(23,24)21-11-8-18(9-12-21)10-13-21/h4-13H2,1-3H3. The van der Waals surface area contributed by atoms with E-state index < -0.39 is 26.6 Å². The Morgan fingerprint density at radius 1 is 1.00 bits per heavy atom. The first-order chi connectivity index (χ1) is 12.1. The van der Waals surface area contributed by atoms with Crippen LogP contribution in [0.15, 0.2) is 0 Å². The van der Waals surface area contributed by atoms with Crippen molar-refractivity contribution in [1.82, 2.24) is 14.8 Å². The summed E-state index contributed by atoms with van der Waals surface area (Å²) in [6, 6.07) is 0. The molecule has 6 aliphatic rings. The maximum atomic E-state index is 14.0. The minimum absolute atomic E-state index is 0.0589. The predicted octanol–water partition coefficient (Wildman–Crippen LogP) is -0.622. The molecule has 148 valence electrons. The van der Waals surface area contributed by atoms with Crippen molar-refractivity contribution >= 4 is 16.0 Å². The van der Waals surface area contributed by atoms with Crippen LogP contribution in [0.5, 0.6) is 0 Å². The summed E-state index contributed by atoms with van der Waals surface area (Å²) in [4.78, 5) is 15.4. The number of piperazine rings is 4. The third kappa shape index (κ3) is 2.54. The zero-order valence-electron chi connectivity index (χ0n) is 15.8. The maximum absolute atomic E-state index is 14.0. The van der Waals surface area contributed by atoms with E-state index in [1.165, 1.54) is 0 Å². The zero-order chi connectivity index (χ0) is 18.8. The summed E-state index contributed by atoms with van der Waals surface area (Å²) in [6.45, 7) is 11.3. The molecule has 0 aromatic carbocycles. The Kier molecular flexibility index (Phi) is 4.18. The molecular formula is C16H29N5O4S. The van der Waals surface area contributed by atoms with Gasteiger partial charge in [0.05, 0.1) is 0 Å². The monoisotopic (exact) mass is 387 g/mol. The van der Waals surface area contributed by atoms with Crippen LogP contribution in [0.4, 0.5) is 0 Å². The maximum Gasteiger partial charge on any atom is 0.328 e. The van der Waals surface area contributed by atoms with Crippen LogP contribution >= 0.6 is 0 Å². The molecular weight excluding hydrogens is 358 g/mol. The highest BCUT2D eigenvalue weighted by molar-refractivity contribution is 7.88. The van der Waals surface area contributed by atoms with Crippen molar-refractivity contribution < 1.29 is 21.8 Å². The summed E-state index contributed by atoms with van der Waals surface area (Å²) in [7, 11) is -3.97. The Morgan fingerprint density at radius 3 is 1.96 bits per heavy atom. The zero-order valence-corrected chi connectivity index (χ0v) is 16.7. The van der Waals surface area contributed by atoms with Crippen molar-refractivity contribution in [2.24, 2.45) is 0 Å². The number of hydrogen-bond donors (Lipinski definition) is 0. The molecule has 0 radical (unpaired) electrons. The smallest absolute Gasteiger partial charge is 0.328 e. The highest BCUT2D eigenvalue weighted by atomic mass is 32.2. The van der Waals surface area contributed by atoms with E-state index in [0.29, 0.717) is 45.8 Å². The SMILES string of the molecule is CC(C)(C)OC(=O)C1(S(=O)(=O)[N+]23CCN(CC2)CC3)[N-]N2CCN1CC2. The molecule has 6 rings (SSSR count). The van der Waals surface area contributed by atoms with Gasteiger partial charge in [0.15, 0.2) is 4.99 Å². The summed E-state index contributed by atoms with van der Waals surface area (Å²) in [5, 5.41) is 1.74. The van der Waals surface area contributed by atoms with Crippen LogP contribution in [0.3, 0.4) is 0 Å². The number of nitrogens with zero attached hydrogens (tertiary/aromatic N) is 5. The molecule has 0 aromatic heterocycles. The molecule has 0 saturated carbocycles. The summed E-state index contributed by atoms with van der Waals surface area (Å²) in [5.41, 5.74) is 3.72. The molecule has 4 bridgehead atoms. The molecule has 0 N–H and O–H groups in total. The van der Waals surface area contributed by atoms with Crippen molar-refractivity contribution in [3.8, 4) is 0 Å². The Labute approximate surface area is 155 Å². The van der Waals surface area contributed by atoms with E-state index in [1.54, 1.807) is 30.7 Å². The first-order valence-corrected chi connectivity index (χ1v) is 10.8. The second kappa shape index (κ2) is 5.86. The fourth-order valence-corrected chi connectivity index (χ4v) is 6.95. The minimum Gasteiger partial charge on any atom is -0.548 e. The van der Waals surface area contributed by atoms with Crippen molar-refractivity contribution in [2.45, 2.75) is 31.4 Å². The van der Waals surface area contributed by atoms with Crippen LogP contribution in [0, 0.1) is 0 Å². The number of quaternary nitrogens is 1. The van der Waals surface area contributed by atoms with Gasteiger partial charge < -0.3 is 15.2 Å². The summed E-state index contributed by atoms with van der Waals surface area (Å²) in [6.07, 6.45) is 0. The van der Waals surface area contributed by atoms with E-state index in [-0.39, 0.29) is 3.89 Å². The van der Waals surface area contributed by atoms with Crippen LogP contribution in [0.25, 0.3) is 5.43 Å². The third-order valence-corrected chi connectivity index (χ3v) is 8.76. The van der Waals surface area contributed by atoms with Gasteiger partial charge >= 0.3 is 16.0 Å². The summed E-state index contributed by atoms with van der Waals surface area (Å²) in [5.74, 6) is -0.755. The second-order valence-electron chi connectivity index (χ2n) is 8.70. The molecule has 0 spiro atoms. The van der Waals surface area contributed by atoms with E-state index in [4.69, 9.17) is 4.74 Å². The van der Waals surface area contributed by atoms with Gasteiger partial charge in [0.25, 0.3) is 0 Å². The average molecular weight is 388 g/mol. The molecule has 6 aliphatic heterocycles. The Hall–Kier alpha value is -0.780. The lowest BCUT2D eigenvalue weighted by atomic mass is 10.2. The number of hydrogen-bond acceptors (Lipinski definition) is 7. The fourth-order valence-electron chi connectivity index (χ4n) is 4.46. The topological polar surface area (TPSA) is 84.3 Å². The molecule has 6 fully saturated rings. The van der Waals surface area contributed by atoms with Gasteiger partial charge in [-0.2, -0.15) is 8.42 Å². The number of rotatable bonds is 3. The molecule has 9 nitrogen and oxygen atoms in total. The number of ether oxygens (including phenoxy) is 1. The van der Waals surface area contributed by atoms with Crippen LogP contribution in [0.2, 0.25) is 0 Å². The van der Waals surface area contributed by atoms with Crippen molar-refractivity contribution in [3.05, 3.63) is 5.43 Å². The molecule has 1 atom stereocenters. The van der Waals surface area contributed by atoms with Gasteiger partial charge in [-0.15, -0.1) is 0 Å². The molecule has 10 heteroatoms. The molecule has 0 amide bonds. The fraction of sp³-hybridized carbons (Fsp3) is 0.938. The highest BCUT2D eigenvalue weighted by Crippen LogP contribution is 2.44. The van der Waals surface area contributed by atoms with Gasteiger partial charge in [-0.05, 0) is 33.9 Å². The molecule has 6 saturated heterocycles. The van der Waals surface area contributed by atoms with Crippen LogP contribution < -0.4 is 0 Å².